The van der Waals surface area contributed by atoms with Gasteiger partial charge in [0, 0.05) is 40.9 Å². The molecule has 0 unspecified atom stereocenters. The van der Waals surface area contributed by atoms with Crippen LogP contribution in [-0.2, 0) is 10.5 Å². The van der Waals surface area contributed by atoms with Crippen LogP contribution < -0.4 is 10.5 Å². The molecule has 0 aliphatic heterocycles. The highest BCUT2D eigenvalue weighted by atomic mass is 16.5. The molecular formula is C20H17B2NO8. The molecule has 1 aromatic heterocycles. The summed E-state index contributed by atoms with van der Waals surface area (Å²) in [5.74, 6) is -4.06. The number of aliphatic carboxylic acids is 1. The van der Waals surface area contributed by atoms with E-state index in [4.69, 9.17) is 25.2 Å². The Kier molecular flexibility index (Phi) is 5.97. The summed E-state index contributed by atoms with van der Waals surface area (Å²) in [5, 5.41) is 48.7. The minimum Gasteiger partial charge on any atom is -0.481 e. The van der Waals surface area contributed by atoms with E-state index in [1.165, 1.54) is 30.3 Å². The SMILES string of the molecule is [B]C(O)(O)c1ccccc1-c1cc(=O)oc2cc(N(CCC(=O)O)C([B])(O)O)ccc12. The van der Waals surface area contributed by atoms with Crippen LogP contribution in [0.5, 0.6) is 0 Å². The molecule has 1 heterocycles. The minimum atomic E-state index is -2.87. The molecule has 4 radical (unpaired) electrons. The first-order chi connectivity index (χ1) is 14.4. The Morgan fingerprint density at radius 2 is 1.68 bits per heavy atom. The first-order valence-corrected chi connectivity index (χ1v) is 9.02. The first kappa shape index (κ1) is 22.6. The van der Waals surface area contributed by atoms with Crippen LogP contribution in [0.3, 0.4) is 0 Å². The smallest absolute Gasteiger partial charge is 0.336 e. The first-order valence-electron chi connectivity index (χ1n) is 9.02. The number of fused-ring (bicyclic) bond motifs is 1. The van der Waals surface area contributed by atoms with Crippen molar-refractivity contribution in [3.8, 4) is 11.1 Å². The van der Waals surface area contributed by atoms with Gasteiger partial charge in [-0.3, -0.25) is 4.79 Å². The Balaban J connectivity index is 2.20. The van der Waals surface area contributed by atoms with Crippen LogP contribution >= 0.6 is 0 Å². The van der Waals surface area contributed by atoms with E-state index in [-0.39, 0.29) is 34.5 Å². The van der Waals surface area contributed by atoms with Gasteiger partial charge < -0.3 is 34.8 Å². The summed E-state index contributed by atoms with van der Waals surface area (Å²) >= 11 is 0. The third-order valence-corrected chi connectivity index (χ3v) is 4.60. The Labute approximate surface area is 178 Å². The standard InChI is InChI=1S/C20H17B2NO8/c21-19(27,28)15-4-2-1-3-12(15)14-10-18(26)31-16-9-11(5-6-13(14)16)23(20(22,29)30)8-7-17(24)25/h1-6,9-10,27-30H,7-8H2,(H,24,25). The third kappa shape index (κ3) is 4.97. The average molecular weight is 421 g/mol. The average Bonchev–Trinajstić information content (AvgIpc) is 2.65. The van der Waals surface area contributed by atoms with E-state index in [2.05, 4.69) is 0 Å². The monoisotopic (exact) mass is 421 g/mol. The number of benzene rings is 2. The van der Waals surface area contributed by atoms with Gasteiger partial charge >= 0.3 is 11.6 Å². The molecule has 11 heteroatoms. The van der Waals surface area contributed by atoms with E-state index >= 15 is 0 Å². The highest BCUT2D eigenvalue weighted by Gasteiger charge is 2.27. The maximum atomic E-state index is 12.2. The van der Waals surface area contributed by atoms with E-state index in [1.807, 2.05) is 0 Å². The summed E-state index contributed by atoms with van der Waals surface area (Å²) in [6, 6.07) is 11.4. The number of anilines is 1. The third-order valence-electron chi connectivity index (χ3n) is 4.60. The zero-order valence-electron chi connectivity index (χ0n) is 16.1. The van der Waals surface area contributed by atoms with Crippen LogP contribution in [0, 0.1) is 0 Å². The van der Waals surface area contributed by atoms with Gasteiger partial charge in [-0.2, -0.15) is 0 Å². The predicted molar refractivity (Wildman–Crippen MR) is 112 cm³/mol. The lowest BCUT2D eigenvalue weighted by molar-refractivity contribution is -0.137. The molecule has 0 bridgehead atoms. The van der Waals surface area contributed by atoms with Gasteiger partial charge in [-0.05, 0) is 17.7 Å². The van der Waals surface area contributed by atoms with Gasteiger partial charge in [0.1, 0.15) is 11.3 Å². The van der Waals surface area contributed by atoms with Gasteiger partial charge in [0.15, 0.2) is 21.5 Å². The fourth-order valence-electron chi connectivity index (χ4n) is 3.27. The van der Waals surface area contributed by atoms with E-state index in [9.17, 15) is 30.0 Å². The molecule has 0 aliphatic carbocycles. The molecule has 0 aliphatic rings. The number of nitrogens with zero attached hydrogens (tertiary/aromatic N) is 1. The zero-order valence-corrected chi connectivity index (χ0v) is 16.1. The van der Waals surface area contributed by atoms with Crippen molar-refractivity contribution in [2.75, 3.05) is 11.4 Å². The van der Waals surface area contributed by atoms with Gasteiger partial charge in [-0.1, -0.05) is 24.3 Å². The summed E-state index contributed by atoms with van der Waals surface area (Å²) < 4.78 is 5.22. The second-order valence-corrected chi connectivity index (χ2v) is 6.91. The summed E-state index contributed by atoms with van der Waals surface area (Å²) in [7, 11) is 10.8. The second kappa shape index (κ2) is 8.20. The lowest BCUT2D eigenvalue weighted by Crippen LogP contribution is -2.50. The van der Waals surface area contributed by atoms with Gasteiger partial charge in [0.2, 0.25) is 0 Å². The quantitative estimate of drug-likeness (QED) is 0.198. The van der Waals surface area contributed by atoms with Crippen LogP contribution in [0.4, 0.5) is 5.69 Å². The lowest BCUT2D eigenvalue weighted by Gasteiger charge is -2.35. The molecule has 3 aromatic rings. The van der Waals surface area contributed by atoms with Crippen LogP contribution in [0.25, 0.3) is 22.1 Å². The van der Waals surface area contributed by atoms with Crippen molar-refractivity contribution in [2.45, 2.75) is 17.9 Å². The van der Waals surface area contributed by atoms with Gasteiger partial charge in [0.05, 0.1) is 6.42 Å². The molecule has 0 saturated heterocycles. The van der Waals surface area contributed by atoms with Crippen LogP contribution in [0.1, 0.15) is 12.0 Å². The molecule has 0 atom stereocenters. The van der Waals surface area contributed by atoms with E-state index < -0.39 is 29.5 Å². The summed E-state index contributed by atoms with van der Waals surface area (Å²) in [6.45, 7) is -0.345. The summed E-state index contributed by atoms with van der Waals surface area (Å²) in [5.41, 5.74) is -2.85. The Morgan fingerprint density at radius 3 is 2.29 bits per heavy atom. The maximum Gasteiger partial charge on any atom is 0.336 e. The zero-order chi connectivity index (χ0) is 23.0. The summed E-state index contributed by atoms with van der Waals surface area (Å²) in [6.07, 6.45) is -0.443. The number of carboxylic acid groups (broad SMARTS) is 1. The normalized spacial score (nSPS) is 12.1. The Morgan fingerprint density at radius 1 is 1.00 bits per heavy atom. The van der Waals surface area contributed by atoms with Crippen LogP contribution in [0.2, 0.25) is 0 Å². The number of carboxylic acids is 1. The molecule has 5 N–H and O–H groups in total. The minimum absolute atomic E-state index is 0.0119. The van der Waals surface area contributed by atoms with Crippen molar-refractivity contribution in [3.05, 3.63) is 64.5 Å². The summed E-state index contributed by atoms with van der Waals surface area (Å²) in [4.78, 5) is 23.9. The van der Waals surface area contributed by atoms with E-state index in [0.717, 1.165) is 11.0 Å². The molecule has 0 fully saturated rings. The molecular weight excluding hydrogens is 404 g/mol. The molecule has 0 saturated carbocycles. The number of carbonyl (C=O) groups is 1. The second-order valence-electron chi connectivity index (χ2n) is 6.91. The molecule has 0 amide bonds. The predicted octanol–water partition coefficient (Wildman–Crippen LogP) is -0.231. The molecule has 3 rings (SSSR count). The molecule has 0 spiro atoms. The maximum absolute atomic E-state index is 12.2. The van der Waals surface area contributed by atoms with Crippen molar-refractivity contribution >= 4 is 38.3 Å². The lowest BCUT2D eigenvalue weighted by atomic mass is 9.82. The molecule has 156 valence electrons. The Bertz CT molecular complexity index is 1180. The van der Waals surface area contributed by atoms with E-state index in [1.54, 1.807) is 12.1 Å². The van der Waals surface area contributed by atoms with Gasteiger partial charge in [0.25, 0.3) is 0 Å². The topological polar surface area (TPSA) is 152 Å². The van der Waals surface area contributed by atoms with Gasteiger partial charge in [-0.25, -0.2) is 4.79 Å². The van der Waals surface area contributed by atoms with Crippen LogP contribution in [0.15, 0.2) is 57.7 Å². The number of rotatable bonds is 7. The number of hydrogen-bond donors (Lipinski definition) is 5. The van der Waals surface area contributed by atoms with Crippen LogP contribution in [-0.4, -0.2) is 59.5 Å². The van der Waals surface area contributed by atoms with Crippen molar-refractivity contribution in [3.63, 3.8) is 0 Å². The van der Waals surface area contributed by atoms with E-state index in [0.29, 0.717) is 5.39 Å². The fourth-order valence-corrected chi connectivity index (χ4v) is 3.27. The fraction of sp³-hybridized carbons (Fsp3) is 0.200. The highest BCUT2D eigenvalue weighted by molar-refractivity contribution is 6.15. The molecule has 9 nitrogen and oxygen atoms in total. The molecule has 2 aromatic carbocycles. The number of aliphatic hydroxyl groups is 4. The Hall–Kier alpha value is -3.11. The van der Waals surface area contributed by atoms with Crippen molar-refractivity contribution < 1.29 is 34.7 Å². The largest absolute Gasteiger partial charge is 0.481 e. The van der Waals surface area contributed by atoms with Crippen molar-refractivity contribution in [1.29, 1.82) is 0 Å². The molecule has 31 heavy (non-hydrogen) atoms. The van der Waals surface area contributed by atoms with Gasteiger partial charge in [-0.15, -0.1) is 0 Å². The number of hydrogen-bond acceptors (Lipinski definition) is 8. The van der Waals surface area contributed by atoms with Crippen molar-refractivity contribution in [1.82, 2.24) is 0 Å². The highest BCUT2D eigenvalue weighted by Crippen LogP contribution is 2.35. The van der Waals surface area contributed by atoms with Crippen molar-refractivity contribution in [2.24, 2.45) is 0 Å².